The monoisotopic (exact) mass is 176 g/mol. The van der Waals surface area contributed by atoms with E-state index in [0.717, 1.165) is 0 Å². The summed E-state index contributed by atoms with van der Waals surface area (Å²) in [5.41, 5.74) is 0. The molecule has 0 aliphatic rings. The van der Waals surface area contributed by atoms with Gasteiger partial charge in [-0.05, 0) is 6.92 Å². The van der Waals surface area contributed by atoms with E-state index in [-0.39, 0.29) is 18.6 Å². The van der Waals surface area contributed by atoms with Crippen LogP contribution in [0.1, 0.15) is 26.7 Å². The molecule has 5 nitrogen and oxygen atoms in total. The second-order valence-electron chi connectivity index (χ2n) is 2.02. The molecule has 0 saturated heterocycles. The molecule has 12 heavy (non-hydrogen) atoms. The van der Waals surface area contributed by atoms with Crippen LogP contribution in [0.3, 0.4) is 0 Å². The van der Waals surface area contributed by atoms with Gasteiger partial charge in [0.05, 0.1) is 0 Å². The standard InChI is InChI=1S/C4H6O3.C3H6O2/c1-3(5)2-4(6)7;1-2-3(4)5/h2H2,1H3,(H,6,7);2H2,1H3,(H,4,5). The van der Waals surface area contributed by atoms with Crippen molar-refractivity contribution in [3.05, 3.63) is 0 Å². The van der Waals surface area contributed by atoms with Gasteiger partial charge in [0.15, 0.2) is 0 Å². The third-order valence-corrected chi connectivity index (χ3v) is 0.703. The third kappa shape index (κ3) is 23.5. The normalized spacial score (nSPS) is 7.83. The van der Waals surface area contributed by atoms with Gasteiger partial charge in [-0.1, -0.05) is 6.92 Å². The maximum atomic E-state index is 9.87. The highest BCUT2D eigenvalue weighted by Crippen LogP contribution is 1.77. The molecule has 70 valence electrons. The molecule has 0 heterocycles. The molecule has 2 N–H and O–H groups in total. The van der Waals surface area contributed by atoms with Gasteiger partial charge in [-0.15, -0.1) is 0 Å². The first-order valence-electron chi connectivity index (χ1n) is 3.33. The van der Waals surface area contributed by atoms with Crippen molar-refractivity contribution in [3.63, 3.8) is 0 Å². The number of carbonyl (C=O) groups is 3. The predicted octanol–water partition coefficient (Wildman–Crippen LogP) is 0.531. The lowest BCUT2D eigenvalue weighted by atomic mass is 10.3. The Labute approximate surface area is 70.0 Å². The molecule has 0 aromatic rings. The van der Waals surface area contributed by atoms with Crippen LogP contribution in [0.4, 0.5) is 0 Å². The smallest absolute Gasteiger partial charge is 0.310 e. The summed E-state index contributed by atoms with van der Waals surface area (Å²) >= 11 is 0. The largest absolute Gasteiger partial charge is 0.481 e. The molecular formula is C7H12O5. The second kappa shape index (κ2) is 7.71. The van der Waals surface area contributed by atoms with Gasteiger partial charge in [-0.25, -0.2) is 0 Å². The Morgan fingerprint density at radius 1 is 1.08 bits per heavy atom. The van der Waals surface area contributed by atoms with Crippen molar-refractivity contribution >= 4 is 17.7 Å². The van der Waals surface area contributed by atoms with E-state index in [0.29, 0.717) is 0 Å². The molecule has 0 spiro atoms. The fourth-order valence-electron chi connectivity index (χ4n) is 0.213. The zero-order chi connectivity index (χ0) is 10.1. The van der Waals surface area contributed by atoms with Crippen LogP contribution >= 0.6 is 0 Å². The van der Waals surface area contributed by atoms with E-state index in [2.05, 4.69) is 0 Å². The summed E-state index contributed by atoms with van der Waals surface area (Å²) in [6.45, 7) is 2.84. The van der Waals surface area contributed by atoms with E-state index in [9.17, 15) is 14.4 Å². The molecule has 0 atom stereocenters. The highest BCUT2D eigenvalue weighted by atomic mass is 16.4. The number of carboxylic acids is 2. The van der Waals surface area contributed by atoms with Crippen LogP contribution in [0.2, 0.25) is 0 Å². The molecule has 0 radical (unpaired) electrons. The summed E-state index contributed by atoms with van der Waals surface area (Å²) in [5.74, 6) is -2.12. The molecule has 0 saturated carbocycles. The lowest BCUT2D eigenvalue weighted by Crippen LogP contribution is -2.00. The SMILES string of the molecule is CC(=O)CC(=O)O.CCC(=O)O. The molecule has 0 unspecified atom stereocenters. The average molecular weight is 176 g/mol. The molecule has 0 bridgehead atoms. The van der Waals surface area contributed by atoms with Gasteiger partial charge < -0.3 is 10.2 Å². The lowest BCUT2D eigenvalue weighted by Gasteiger charge is -1.80. The molecular weight excluding hydrogens is 164 g/mol. The maximum absolute atomic E-state index is 9.87. The molecule has 0 amide bonds. The molecule has 0 aliphatic heterocycles. The molecule has 0 aromatic heterocycles. The van der Waals surface area contributed by atoms with E-state index < -0.39 is 11.9 Å². The molecule has 5 heteroatoms. The number of carboxylic acid groups (broad SMARTS) is 2. The summed E-state index contributed by atoms with van der Waals surface area (Å²) in [4.78, 5) is 28.8. The van der Waals surface area contributed by atoms with Crippen molar-refractivity contribution in [3.8, 4) is 0 Å². The highest BCUT2D eigenvalue weighted by Gasteiger charge is 1.98. The Kier molecular flexibility index (Phi) is 8.50. The van der Waals surface area contributed by atoms with Crippen molar-refractivity contribution in [1.82, 2.24) is 0 Å². The van der Waals surface area contributed by atoms with Crippen LogP contribution in [0.15, 0.2) is 0 Å². The highest BCUT2D eigenvalue weighted by molar-refractivity contribution is 5.93. The second-order valence-corrected chi connectivity index (χ2v) is 2.02. The van der Waals surface area contributed by atoms with E-state index in [1.54, 1.807) is 6.92 Å². The van der Waals surface area contributed by atoms with E-state index in [1.165, 1.54) is 6.92 Å². The zero-order valence-electron chi connectivity index (χ0n) is 7.03. The lowest BCUT2D eigenvalue weighted by molar-refractivity contribution is -0.140. The predicted molar refractivity (Wildman–Crippen MR) is 40.9 cm³/mol. The van der Waals surface area contributed by atoms with Crippen LogP contribution in [0.5, 0.6) is 0 Å². The Hall–Kier alpha value is -1.39. The Balaban J connectivity index is 0. The van der Waals surface area contributed by atoms with Gasteiger partial charge in [-0.2, -0.15) is 0 Å². The fraction of sp³-hybridized carbons (Fsp3) is 0.571. The number of rotatable bonds is 3. The first-order valence-corrected chi connectivity index (χ1v) is 3.33. The van der Waals surface area contributed by atoms with Gasteiger partial charge in [0.25, 0.3) is 0 Å². The quantitative estimate of drug-likeness (QED) is 0.612. The van der Waals surface area contributed by atoms with Crippen LogP contribution < -0.4 is 0 Å². The number of aliphatic carboxylic acids is 2. The molecule has 0 rings (SSSR count). The minimum absolute atomic E-state index is 0.222. The third-order valence-electron chi connectivity index (χ3n) is 0.703. The number of hydrogen-bond donors (Lipinski definition) is 2. The number of Topliss-reactive ketones (excluding diaryl/α,β-unsaturated/α-hetero) is 1. The average Bonchev–Trinajstić information content (AvgIpc) is 1.85. The van der Waals surface area contributed by atoms with Crippen molar-refractivity contribution < 1.29 is 24.6 Å². The van der Waals surface area contributed by atoms with Crippen LogP contribution in [0, 0.1) is 0 Å². The van der Waals surface area contributed by atoms with Crippen molar-refractivity contribution in [1.29, 1.82) is 0 Å². The number of ketones is 1. The molecule has 0 fully saturated rings. The molecule has 0 aliphatic carbocycles. The maximum Gasteiger partial charge on any atom is 0.310 e. The Morgan fingerprint density at radius 2 is 1.42 bits per heavy atom. The Bertz CT molecular complexity index is 161. The van der Waals surface area contributed by atoms with Crippen LogP contribution in [-0.2, 0) is 14.4 Å². The first kappa shape index (κ1) is 13.2. The van der Waals surface area contributed by atoms with Gasteiger partial charge in [-0.3, -0.25) is 14.4 Å². The fourth-order valence-corrected chi connectivity index (χ4v) is 0.213. The minimum atomic E-state index is -1.06. The van der Waals surface area contributed by atoms with Crippen LogP contribution in [0.25, 0.3) is 0 Å². The van der Waals surface area contributed by atoms with Crippen molar-refractivity contribution in [2.75, 3.05) is 0 Å². The number of hydrogen-bond acceptors (Lipinski definition) is 3. The van der Waals surface area contributed by atoms with E-state index in [4.69, 9.17) is 10.2 Å². The summed E-state index contributed by atoms with van der Waals surface area (Å²) in [7, 11) is 0. The van der Waals surface area contributed by atoms with Gasteiger partial charge in [0, 0.05) is 6.42 Å². The minimum Gasteiger partial charge on any atom is -0.481 e. The van der Waals surface area contributed by atoms with Crippen molar-refractivity contribution in [2.45, 2.75) is 26.7 Å². The van der Waals surface area contributed by atoms with E-state index in [1.807, 2.05) is 0 Å². The van der Waals surface area contributed by atoms with E-state index >= 15 is 0 Å². The summed E-state index contributed by atoms with van der Waals surface area (Å²) in [5, 5.41) is 15.6. The molecule has 0 aromatic carbocycles. The topological polar surface area (TPSA) is 91.7 Å². The first-order chi connectivity index (χ1) is 5.40. The zero-order valence-corrected chi connectivity index (χ0v) is 7.03. The van der Waals surface area contributed by atoms with Gasteiger partial charge >= 0.3 is 11.9 Å². The Morgan fingerprint density at radius 3 is 1.42 bits per heavy atom. The van der Waals surface area contributed by atoms with Crippen LogP contribution in [-0.4, -0.2) is 27.9 Å². The summed E-state index contributed by atoms with van der Waals surface area (Å²) in [6.07, 6.45) is -0.139. The summed E-state index contributed by atoms with van der Waals surface area (Å²) in [6, 6.07) is 0. The summed E-state index contributed by atoms with van der Waals surface area (Å²) < 4.78 is 0. The van der Waals surface area contributed by atoms with Gasteiger partial charge in [0.1, 0.15) is 12.2 Å². The number of carbonyl (C=O) groups excluding carboxylic acids is 1. The van der Waals surface area contributed by atoms with Crippen molar-refractivity contribution in [2.24, 2.45) is 0 Å². The van der Waals surface area contributed by atoms with Gasteiger partial charge in [0.2, 0.25) is 0 Å².